The molecule has 1 fully saturated rings. The number of rotatable bonds is 4. The molecular formula is C13H19N7O. The number of aryl methyl sites for hydroxylation is 1. The fourth-order valence-corrected chi connectivity index (χ4v) is 2.44. The number of hydrogen-bond acceptors (Lipinski definition) is 6. The molecule has 1 aliphatic rings. The summed E-state index contributed by atoms with van der Waals surface area (Å²) in [4.78, 5) is 24.9. The van der Waals surface area contributed by atoms with E-state index in [1.54, 1.807) is 0 Å². The van der Waals surface area contributed by atoms with Crippen LogP contribution >= 0.6 is 0 Å². The molecule has 1 saturated heterocycles. The van der Waals surface area contributed by atoms with Gasteiger partial charge in [-0.1, -0.05) is 0 Å². The molecule has 8 heteroatoms. The Balaban J connectivity index is 1.72. The van der Waals surface area contributed by atoms with Gasteiger partial charge in [-0.15, -0.1) is 0 Å². The monoisotopic (exact) mass is 289 g/mol. The maximum absolute atomic E-state index is 11.0. The SMILES string of the molecule is Cc1cc(NCc2n[nH]c(=O)[nH]2)nc(N2CCCCC2)n1. The zero-order valence-corrected chi connectivity index (χ0v) is 12.0. The van der Waals surface area contributed by atoms with Gasteiger partial charge >= 0.3 is 5.69 Å². The molecule has 0 amide bonds. The molecule has 0 atom stereocenters. The van der Waals surface area contributed by atoms with Gasteiger partial charge in [0.25, 0.3) is 0 Å². The smallest absolute Gasteiger partial charge is 0.340 e. The van der Waals surface area contributed by atoms with Gasteiger partial charge in [0.1, 0.15) is 11.6 Å². The van der Waals surface area contributed by atoms with Gasteiger partial charge < -0.3 is 10.2 Å². The van der Waals surface area contributed by atoms with Gasteiger partial charge in [-0.2, -0.15) is 10.1 Å². The summed E-state index contributed by atoms with van der Waals surface area (Å²) in [6.07, 6.45) is 3.66. The van der Waals surface area contributed by atoms with Crippen molar-refractivity contribution in [3.05, 3.63) is 28.1 Å². The van der Waals surface area contributed by atoms with Crippen LogP contribution in [-0.4, -0.2) is 38.2 Å². The number of piperidine rings is 1. The highest BCUT2D eigenvalue weighted by atomic mass is 16.1. The number of nitrogens with one attached hydrogen (secondary N) is 3. The lowest BCUT2D eigenvalue weighted by atomic mass is 10.1. The highest BCUT2D eigenvalue weighted by Gasteiger charge is 2.14. The third kappa shape index (κ3) is 3.39. The summed E-state index contributed by atoms with van der Waals surface area (Å²) in [5.74, 6) is 2.07. The number of aromatic amines is 2. The van der Waals surface area contributed by atoms with E-state index in [0.717, 1.165) is 30.5 Å². The average Bonchev–Trinajstić information content (AvgIpc) is 2.91. The van der Waals surface area contributed by atoms with Gasteiger partial charge in [0.05, 0.1) is 6.54 Å². The van der Waals surface area contributed by atoms with Crippen molar-refractivity contribution in [3.63, 3.8) is 0 Å². The Bertz CT molecular complexity index is 657. The van der Waals surface area contributed by atoms with Gasteiger partial charge in [0.2, 0.25) is 5.95 Å². The van der Waals surface area contributed by atoms with Crippen molar-refractivity contribution in [2.75, 3.05) is 23.3 Å². The van der Waals surface area contributed by atoms with Crippen LogP contribution in [-0.2, 0) is 6.54 Å². The first-order chi connectivity index (χ1) is 10.2. The van der Waals surface area contributed by atoms with Crippen molar-refractivity contribution in [2.24, 2.45) is 0 Å². The van der Waals surface area contributed by atoms with Crippen LogP contribution in [0.3, 0.4) is 0 Å². The minimum atomic E-state index is -0.306. The molecule has 21 heavy (non-hydrogen) atoms. The highest BCUT2D eigenvalue weighted by molar-refractivity contribution is 5.43. The first-order valence-electron chi connectivity index (χ1n) is 7.19. The van der Waals surface area contributed by atoms with E-state index < -0.39 is 0 Å². The Labute approximate surface area is 122 Å². The fraction of sp³-hybridized carbons (Fsp3) is 0.538. The molecule has 2 aromatic heterocycles. The molecule has 0 saturated carbocycles. The normalized spacial score (nSPS) is 15.2. The molecule has 3 N–H and O–H groups in total. The van der Waals surface area contributed by atoms with E-state index in [-0.39, 0.29) is 5.69 Å². The highest BCUT2D eigenvalue weighted by Crippen LogP contribution is 2.18. The Morgan fingerprint density at radius 3 is 2.81 bits per heavy atom. The number of anilines is 2. The van der Waals surface area contributed by atoms with Gasteiger partial charge in [-0.3, -0.25) is 4.98 Å². The Morgan fingerprint density at radius 2 is 2.10 bits per heavy atom. The zero-order chi connectivity index (χ0) is 14.7. The predicted octanol–water partition coefficient (Wildman–Crippen LogP) is 0.799. The molecule has 2 aromatic rings. The Kier molecular flexibility index (Phi) is 3.85. The van der Waals surface area contributed by atoms with E-state index >= 15 is 0 Å². The Morgan fingerprint density at radius 1 is 1.29 bits per heavy atom. The van der Waals surface area contributed by atoms with Gasteiger partial charge in [-0.05, 0) is 26.2 Å². The lowest BCUT2D eigenvalue weighted by Gasteiger charge is -2.27. The molecule has 0 aromatic carbocycles. The van der Waals surface area contributed by atoms with Gasteiger partial charge in [0.15, 0.2) is 0 Å². The molecule has 0 radical (unpaired) electrons. The molecule has 1 aliphatic heterocycles. The standard InChI is InChI=1S/C13H19N7O/c1-9-7-10(14-8-11-17-13(21)19-18-11)16-12(15-9)20-5-3-2-4-6-20/h7H,2-6,8H2,1H3,(H,14,15,16)(H2,17,18,19,21). The van der Waals surface area contributed by atoms with Crippen molar-refractivity contribution in [3.8, 4) is 0 Å². The largest absolute Gasteiger partial charge is 0.363 e. The fourth-order valence-electron chi connectivity index (χ4n) is 2.44. The third-order valence-corrected chi connectivity index (χ3v) is 3.47. The molecule has 0 bridgehead atoms. The van der Waals surface area contributed by atoms with Crippen LogP contribution in [0, 0.1) is 6.92 Å². The van der Waals surface area contributed by atoms with Crippen LogP contribution in [0.25, 0.3) is 0 Å². The summed E-state index contributed by atoms with van der Waals surface area (Å²) in [6, 6.07) is 1.89. The second kappa shape index (κ2) is 5.94. The van der Waals surface area contributed by atoms with Crippen LogP contribution in [0.15, 0.2) is 10.9 Å². The first kappa shape index (κ1) is 13.6. The number of H-pyrrole nitrogens is 2. The van der Waals surface area contributed by atoms with E-state index in [9.17, 15) is 4.79 Å². The number of nitrogens with zero attached hydrogens (tertiary/aromatic N) is 4. The van der Waals surface area contributed by atoms with Crippen molar-refractivity contribution in [2.45, 2.75) is 32.7 Å². The van der Waals surface area contributed by atoms with Gasteiger partial charge in [0, 0.05) is 24.8 Å². The van der Waals surface area contributed by atoms with E-state index in [0.29, 0.717) is 12.4 Å². The quantitative estimate of drug-likeness (QED) is 0.769. The van der Waals surface area contributed by atoms with Crippen molar-refractivity contribution in [1.29, 1.82) is 0 Å². The third-order valence-electron chi connectivity index (χ3n) is 3.47. The summed E-state index contributed by atoms with van der Waals surface area (Å²) >= 11 is 0. The molecule has 8 nitrogen and oxygen atoms in total. The summed E-state index contributed by atoms with van der Waals surface area (Å²) in [5, 5.41) is 9.36. The van der Waals surface area contributed by atoms with E-state index in [4.69, 9.17) is 0 Å². The van der Waals surface area contributed by atoms with Crippen molar-refractivity contribution >= 4 is 11.8 Å². The van der Waals surface area contributed by atoms with E-state index in [2.05, 4.69) is 35.4 Å². The van der Waals surface area contributed by atoms with Crippen LogP contribution < -0.4 is 15.9 Å². The number of aromatic nitrogens is 5. The molecular weight excluding hydrogens is 270 g/mol. The minimum Gasteiger partial charge on any atom is -0.363 e. The molecule has 0 spiro atoms. The molecule has 0 unspecified atom stereocenters. The average molecular weight is 289 g/mol. The van der Waals surface area contributed by atoms with E-state index in [1.807, 2.05) is 13.0 Å². The maximum atomic E-state index is 11.0. The van der Waals surface area contributed by atoms with Crippen LogP contribution in [0.2, 0.25) is 0 Å². The minimum absolute atomic E-state index is 0.306. The van der Waals surface area contributed by atoms with E-state index in [1.165, 1.54) is 19.3 Å². The first-order valence-corrected chi connectivity index (χ1v) is 7.19. The van der Waals surface area contributed by atoms with Crippen LogP contribution in [0.4, 0.5) is 11.8 Å². The molecule has 0 aliphatic carbocycles. The second-order valence-electron chi connectivity index (χ2n) is 5.22. The van der Waals surface area contributed by atoms with Crippen molar-refractivity contribution < 1.29 is 0 Å². The molecule has 3 rings (SSSR count). The van der Waals surface area contributed by atoms with Crippen molar-refractivity contribution in [1.82, 2.24) is 25.1 Å². The van der Waals surface area contributed by atoms with Gasteiger partial charge in [-0.25, -0.2) is 14.9 Å². The molecule has 3 heterocycles. The topological polar surface area (TPSA) is 103 Å². The zero-order valence-electron chi connectivity index (χ0n) is 12.0. The van der Waals surface area contributed by atoms with Crippen LogP contribution in [0.1, 0.15) is 30.8 Å². The second-order valence-corrected chi connectivity index (χ2v) is 5.22. The lowest BCUT2D eigenvalue weighted by molar-refractivity contribution is 0.568. The molecule has 112 valence electrons. The lowest BCUT2D eigenvalue weighted by Crippen LogP contribution is -2.31. The number of hydrogen-bond donors (Lipinski definition) is 3. The maximum Gasteiger partial charge on any atom is 0.340 e. The predicted molar refractivity (Wildman–Crippen MR) is 79.4 cm³/mol. The summed E-state index contributed by atoms with van der Waals surface area (Å²) < 4.78 is 0. The summed E-state index contributed by atoms with van der Waals surface area (Å²) in [7, 11) is 0. The Hall–Kier alpha value is -2.38. The van der Waals surface area contributed by atoms with Crippen LogP contribution in [0.5, 0.6) is 0 Å². The summed E-state index contributed by atoms with van der Waals surface area (Å²) in [6.45, 7) is 4.39. The summed E-state index contributed by atoms with van der Waals surface area (Å²) in [5.41, 5.74) is 0.614.